The van der Waals surface area contributed by atoms with Gasteiger partial charge in [-0.05, 0) is 12.1 Å². The third-order valence-corrected chi connectivity index (χ3v) is 2.20. The van der Waals surface area contributed by atoms with Crippen molar-refractivity contribution in [3.05, 3.63) is 30.1 Å². The van der Waals surface area contributed by atoms with Crippen LogP contribution >= 0.6 is 0 Å². The van der Waals surface area contributed by atoms with Crippen molar-refractivity contribution in [2.75, 3.05) is 6.61 Å². The van der Waals surface area contributed by atoms with E-state index in [1.54, 1.807) is 0 Å². The van der Waals surface area contributed by atoms with E-state index in [4.69, 9.17) is 15.6 Å². The van der Waals surface area contributed by atoms with Crippen LogP contribution in [0.15, 0.2) is 24.3 Å². The van der Waals surface area contributed by atoms with Gasteiger partial charge in [0.05, 0.1) is 6.42 Å². The molecule has 0 unspecified atom stereocenters. The highest BCUT2D eigenvalue weighted by molar-refractivity contribution is 5.88. The molecule has 7 nitrogen and oxygen atoms in total. The maximum Gasteiger partial charge on any atom is 0.326 e. The molecule has 0 spiro atoms. The maximum absolute atomic E-state index is 12.8. The number of nitrogens with two attached hydrogens (primary N) is 1. The molecular formula is C12H13FN2O5. The number of amides is 2. The molecule has 20 heavy (non-hydrogen) atoms. The van der Waals surface area contributed by atoms with E-state index in [0.717, 1.165) is 6.07 Å². The fourth-order valence-corrected chi connectivity index (χ4v) is 1.34. The summed E-state index contributed by atoms with van der Waals surface area (Å²) in [4.78, 5) is 32.9. The summed E-state index contributed by atoms with van der Waals surface area (Å²) in [5, 5.41) is 10.9. The van der Waals surface area contributed by atoms with Crippen molar-refractivity contribution in [1.82, 2.24) is 5.32 Å². The van der Waals surface area contributed by atoms with Gasteiger partial charge in [-0.1, -0.05) is 6.07 Å². The third-order valence-electron chi connectivity index (χ3n) is 2.20. The molecule has 0 heterocycles. The van der Waals surface area contributed by atoms with E-state index < -0.39 is 42.7 Å². The SMILES string of the molecule is NC(=O)C[C@@H](NC(=O)COc1cccc(F)c1)C(=O)O. The lowest BCUT2D eigenvalue weighted by Crippen LogP contribution is -2.45. The van der Waals surface area contributed by atoms with Crippen molar-refractivity contribution >= 4 is 17.8 Å². The smallest absolute Gasteiger partial charge is 0.326 e. The predicted octanol–water partition coefficient (Wildman–Crippen LogP) is -0.351. The average molecular weight is 284 g/mol. The fourth-order valence-electron chi connectivity index (χ4n) is 1.34. The Morgan fingerprint density at radius 1 is 1.40 bits per heavy atom. The van der Waals surface area contributed by atoms with Crippen molar-refractivity contribution < 1.29 is 28.6 Å². The first kappa shape index (κ1) is 15.4. The Kier molecular flexibility index (Phi) is 5.45. The van der Waals surface area contributed by atoms with Gasteiger partial charge in [0.2, 0.25) is 5.91 Å². The van der Waals surface area contributed by atoms with E-state index in [1.807, 2.05) is 0 Å². The van der Waals surface area contributed by atoms with Gasteiger partial charge in [-0.3, -0.25) is 9.59 Å². The molecule has 1 atom stereocenters. The van der Waals surface area contributed by atoms with Crippen LogP contribution in [0, 0.1) is 5.82 Å². The van der Waals surface area contributed by atoms with Gasteiger partial charge in [0.15, 0.2) is 6.61 Å². The summed E-state index contributed by atoms with van der Waals surface area (Å²) >= 11 is 0. The number of halogens is 1. The lowest BCUT2D eigenvalue weighted by Gasteiger charge is -2.13. The highest BCUT2D eigenvalue weighted by atomic mass is 19.1. The first-order chi connectivity index (χ1) is 9.38. The molecule has 0 aliphatic carbocycles. The fraction of sp³-hybridized carbons (Fsp3) is 0.250. The minimum atomic E-state index is -1.42. The largest absolute Gasteiger partial charge is 0.484 e. The van der Waals surface area contributed by atoms with Gasteiger partial charge in [0.25, 0.3) is 5.91 Å². The van der Waals surface area contributed by atoms with Gasteiger partial charge in [0, 0.05) is 6.07 Å². The topological polar surface area (TPSA) is 119 Å². The van der Waals surface area contributed by atoms with Crippen LogP contribution in [0.25, 0.3) is 0 Å². The van der Waals surface area contributed by atoms with E-state index >= 15 is 0 Å². The van der Waals surface area contributed by atoms with Gasteiger partial charge in [-0.15, -0.1) is 0 Å². The van der Waals surface area contributed by atoms with Crippen LogP contribution in [-0.4, -0.2) is 35.5 Å². The summed E-state index contributed by atoms with van der Waals surface area (Å²) in [5.41, 5.74) is 4.86. The number of benzene rings is 1. The van der Waals surface area contributed by atoms with Crippen LogP contribution < -0.4 is 15.8 Å². The number of rotatable bonds is 7. The van der Waals surface area contributed by atoms with Crippen molar-refractivity contribution in [2.45, 2.75) is 12.5 Å². The first-order valence-corrected chi connectivity index (χ1v) is 5.57. The number of nitrogens with one attached hydrogen (secondary N) is 1. The minimum Gasteiger partial charge on any atom is -0.484 e. The molecule has 0 bridgehead atoms. The number of carboxylic acid groups (broad SMARTS) is 1. The molecule has 0 aliphatic rings. The van der Waals surface area contributed by atoms with Crippen LogP contribution in [0.1, 0.15) is 6.42 Å². The molecular weight excluding hydrogens is 271 g/mol. The maximum atomic E-state index is 12.8. The van der Waals surface area contributed by atoms with Crippen molar-refractivity contribution in [3.8, 4) is 5.75 Å². The Hall–Kier alpha value is -2.64. The number of primary amides is 1. The van der Waals surface area contributed by atoms with E-state index in [1.165, 1.54) is 18.2 Å². The lowest BCUT2D eigenvalue weighted by molar-refractivity contribution is -0.143. The number of carboxylic acids is 1. The minimum absolute atomic E-state index is 0.127. The summed E-state index contributed by atoms with van der Waals surface area (Å²) < 4.78 is 17.8. The summed E-state index contributed by atoms with van der Waals surface area (Å²) in [6, 6.07) is 3.70. The zero-order chi connectivity index (χ0) is 15.1. The zero-order valence-electron chi connectivity index (χ0n) is 10.3. The number of ether oxygens (including phenoxy) is 1. The van der Waals surface area contributed by atoms with Crippen LogP contribution in [0.4, 0.5) is 4.39 Å². The molecule has 0 fully saturated rings. The summed E-state index contributed by atoms with van der Waals surface area (Å²) in [6.45, 7) is -0.508. The lowest BCUT2D eigenvalue weighted by atomic mass is 10.2. The Morgan fingerprint density at radius 3 is 2.65 bits per heavy atom. The predicted molar refractivity (Wildman–Crippen MR) is 65.3 cm³/mol. The highest BCUT2D eigenvalue weighted by Crippen LogP contribution is 2.11. The summed E-state index contributed by atoms with van der Waals surface area (Å²) in [7, 11) is 0. The molecule has 8 heteroatoms. The molecule has 0 aromatic heterocycles. The molecule has 1 rings (SSSR count). The molecule has 0 saturated heterocycles. The second kappa shape index (κ2) is 7.07. The van der Waals surface area contributed by atoms with Crippen molar-refractivity contribution in [3.63, 3.8) is 0 Å². The molecule has 0 radical (unpaired) electrons. The van der Waals surface area contributed by atoms with Crippen LogP contribution in [0.5, 0.6) is 5.75 Å². The van der Waals surface area contributed by atoms with E-state index in [-0.39, 0.29) is 5.75 Å². The Bertz CT molecular complexity index is 520. The zero-order valence-corrected chi connectivity index (χ0v) is 10.3. The monoisotopic (exact) mass is 284 g/mol. The summed E-state index contributed by atoms with van der Waals surface area (Å²) in [5.74, 6) is -3.41. The van der Waals surface area contributed by atoms with Crippen LogP contribution in [-0.2, 0) is 14.4 Å². The molecule has 1 aromatic rings. The first-order valence-electron chi connectivity index (χ1n) is 5.57. The highest BCUT2D eigenvalue weighted by Gasteiger charge is 2.22. The Labute approximate surface area is 113 Å². The van der Waals surface area contributed by atoms with E-state index in [9.17, 15) is 18.8 Å². The molecule has 1 aromatic carbocycles. The average Bonchev–Trinajstić information content (AvgIpc) is 2.35. The quantitative estimate of drug-likeness (QED) is 0.632. The van der Waals surface area contributed by atoms with Gasteiger partial charge in [-0.2, -0.15) is 0 Å². The van der Waals surface area contributed by atoms with Gasteiger partial charge in [-0.25, -0.2) is 9.18 Å². The molecule has 4 N–H and O–H groups in total. The number of hydrogen-bond acceptors (Lipinski definition) is 4. The number of carbonyl (C=O) groups excluding carboxylic acids is 2. The van der Waals surface area contributed by atoms with E-state index in [2.05, 4.69) is 5.32 Å². The van der Waals surface area contributed by atoms with Gasteiger partial charge >= 0.3 is 5.97 Å². The van der Waals surface area contributed by atoms with Crippen molar-refractivity contribution in [2.24, 2.45) is 5.73 Å². The molecule has 108 valence electrons. The number of aliphatic carboxylic acids is 1. The van der Waals surface area contributed by atoms with E-state index in [0.29, 0.717) is 0 Å². The number of carbonyl (C=O) groups is 3. The van der Waals surface area contributed by atoms with Crippen LogP contribution in [0.3, 0.4) is 0 Å². The normalized spacial score (nSPS) is 11.4. The second-order valence-electron chi connectivity index (χ2n) is 3.87. The van der Waals surface area contributed by atoms with Crippen LogP contribution in [0.2, 0.25) is 0 Å². The standard InChI is InChI=1S/C12H13FN2O5/c13-7-2-1-3-8(4-7)20-6-11(17)15-9(12(18)19)5-10(14)16/h1-4,9H,5-6H2,(H2,14,16)(H,15,17)(H,18,19)/t9-/m1/s1. The third kappa shape index (κ3) is 5.34. The Balaban J connectivity index is 2.49. The molecule has 0 aliphatic heterocycles. The number of hydrogen-bond donors (Lipinski definition) is 3. The molecule has 2 amide bonds. The van der Waals surface area contributed by atoms with Crippen molar-refractivity contribution in [1.29, 1.82) is 0 Å². The van der Waals surface area contributed by atoms with Gasteiger partial charge in [0.1, 0.15) is 17.6 Å². The summed E-state index contributed by atoms with van der Waals surface area (Å²) in [6.07, 6.45) is -0.527. The second-order valence-corrected chi connectivity index (χ2v) is 3.87. The Morgan fingerprint density at radius 2 is 2.10 bits per heavy atom. The van der Waals surface area contributed by atoms with Gasteiger partial charge < -0.3 is 20.9 Å². The molecule has 0 saturated carbocycles.